The van der Waals surface area contributed by atoms with Crippen molar-refractivity contribution in [1.82, 2.24) is 0 Å². The van der Waals surface area contributed by atoms with Crippen LogP contribution in [-0.2, 0) is 19.0 Å². The first-order valence-corrected chi connectivity index (χ1v) is 8.06. The van der Waals surface area contributed by atoms with E-state index in [4.69, 9.17) is 14.2 Å². The number of methoxy groups -OCH3 is 2. The zero-order valence-corrected chi connectivity index (χ0v) is 14.3. The van der Waals surface area contributed by atoms with Gasteiger partial charge in [0, 0.05) is 20.1 Å². The summed E-state index contributed by atoms with van der Waals surface area (Å²) >= 11 is 0. The van der Waals surface area contributed by atoms with Crippen LogP contribution >= 0.6 is 0 Å². The molecule has 0 saturated heterocycles. The molecular formula is C19H26O4. The molecule has 0 amide bonds. The molecule has 126 valence electrons. The molecule has 23 heavy (non-hydrogen) atoms. The van der Waals surface area contributed by atoms with Gasteiger partial charge in [-0.15, -0.1) is 0 Å². The van der Waals surface area contributed by atoms with E-state index in [1.807, 2.05) is 36.4 Å². The zero-order chi connectivity index (χ0) is 16.8. The second-order valence-electron chi connectivity index (χ2n) is 6.13. The van der Waals surface area contributed by atoms with Crippen molar-refractivity contribution >= 4 is 5.97 Å². The first-order valence-electron chi connectivity index (χ1n) is 8.06. The number of carbonyl (C=O) groups excluding carboxylic acids is 1. The molecule has 0 saturated carbocycles. The lowest BCUT2D eigenvalue weighted by Crippen LogP contribution is -2.36. The Balaban J connectivity index is 2.11. The minimum Gasteiger partial charge on any atom is -0.456 e. The fourth-order valence-electron chi connectivity index (χ4n) is 3.23. The number of hydrogen-bond donors (Lipinski definition) is 0. The second kappa shape index (κ2) is 8.27. The van der Waals surface area contributed by atoms with E-state index in [2.05, 4.69) is 19.9 Å². The van der Waals surface area contributed by atoms with Crippen molar-refractivity contribution < 1.29 is 19.0 Å². The fraction of sp³-hybridized carbons (Fsp3) is 0.526. The average Bonchev–Trinajstić information content (AvgIpc) is 2.68. The van der Waals surface area contributed by atoms with Gasteiger partial charge in [0.2, 0.25) is 0 Å². The van der Waals surface area contributed by atoms with E-state index in [0.717, 1.165) is 12.0 Å². The molecule has 2 rings (SSSR count). The third-order valence-electron chi connectivity index (χ3n) is 4.51. The number of carbonyl (C=O) groups is 1. The van der Waals surface area contributed by atoms with Crippen molar-refractivity contribution in [3.8, 4) is 0 Å². The van der Waals surface area contributed by atoms with Crippen LogP contribution in [-0.4, -0.2) is 32.4 Å². The molecule has 0 heterocycles. The largest absolute Gasteiger partial charge is 0.456 e. The molecule has 0 N–H and O–H groups in total. The van der Waals surface area contributed by atoms with Gasteiger partial charge in [-0.25, -0.2) is 4.79 Å². The molecule has 0 aromatic heterocycles. The Kier molecular flexibility index (Phi) is 6.37. The molecule has 0 fully saturated rings. The highest BCUT2D eigenvalue weighted by atomic mass is 16.6. The first-order chi connectivity index (χ1) is 11.1. The topological polar surface area (TPSA) is 44.8 Å². The second-order valence-corrected chi connectivity index (χ2v) is 6.13. The predicted octanol–water partition coefficient (Wildman–Crippen LogP) is 3.53. The van der Waals surface area contributed by atoms with Crippen molar-refractivity contribution in [2.24, 2.45) is 11.8 Å². The lowest BCUT2D eigenvalue weighted by atomic mass is 9.90. The maximum Gasteiger partial charge on any atom is 0.340 e. The maximum atomic E-state index is 12.6. The molecule has 5 atom stereocenters. The van der Waals surface area contributed by atoms with E-state index in [9.17, 15) is 4.79 Å². The quantitative estimate of drug-likeness (QED) is 0.615. The lowest BCUT2D eigenvalue weighted by Gasteiger charge is -2.30. The smallest absolute Gasteiger partial charge is 0.340 e. The number of hydrogen-bond acceptors (Lipinski definition) is 4. The van der Waals surface area contributed by atoms with Gasteiger partial charge >= 0.3 is 5.97 Å². The molecule has 4 heteroatoms. The Morgan fingerprint density at radius 3 is 2.48 bits per heavy atom. The van der Waals surface area contributed by atoms with Crippen LogP contribution in [0.5, 0.6) is 0 Å². The van der Waals surface area contributed by atoms with Gasteiger partial charge in [0.25, 0.3) is 0 Å². The van der Waals surface area contributed by atoms with Crippen LogP contribution in [0.15, 0.2) is 42.5 Å². The number of benzene rings is 1. The standard InChI is InChI=1S/C19H26O4/c1-13-9-8-12-16(14(2)17(13)21-3)23-19(20)18(22-4)15-10-6-5-7-11-15/h5-8,10-14,16-18H,9H2,1-4H3/t13-,14+,16-,17-,18+/m1/s1. The highest BCUT2D eigenvalue weighted by Gasteiger charge is 2.34. The Bertz CT molecular complexity index is 525. The summed E-state index contributed by atoms with van der Waals surface area (Å²) in [6.07, 6.45) is 4.00. The van der Waals surface area contributed by atoms with Crippen molar-refractivity contribution in [2.75, 3.05) is 14.2 Å². The monoisotopic (exact) mass is 318 g/mol. The summed E-state index contributed by atoms with van der Waals surface area (Å²) in [6.45, 7) is 4.21. The molecule has 0 spiro atoms. The van der Waals surface area contributed by atoms with E-state index in [1.165, 1.54) is 7.11 Å². The van der Waals surface area contributed by atoms with Gasteiger partial charge in [-0.1, -0.05) is 50.3 Å². The summed E-state index contributed by atoms with van der Waals surface area (Å²) < 4.78 is 16.7. The Hall–Kier alpha value is -1.65. The van der Waals surface area contributed by atoms with Gasteiger partial charge in [-0.2, -0.15) is 0 Å². The molecule has 1 aromatic carbocycles. The van der Waals surface area contributed by atoms with Crippen LogP contribution in [0, 0.1) is 11.8 Å². The number of esters is 1. The van der Waals surface area contributed by atoms with Crippen LogP contribution in [0.4, 0.5) is 0 Å². The van der Waals surface area contributed by atoms with Gasteiger partial charge in [0.15, 0.2) is 6.10 Å². The summed E-state index contributed by atoms with van der Waals surface area (Å²) in [5.74, 6) is 0.109. The molecular weight excluding hydrogens is 292 g/mol. The number of allylic oxidation sites excluding steroid dienone is 1. The fourth-order valence-corrected chi connectivity index (χ4v) is 3.23. The van der Waals surface area contributed by atoms with Gasteiger partial charge < -0.3 is 14.2 Å². The van der Waals surface area contributed by atoms with Crippen LogP contribution in [0.25, 0.3) is 0 Å². The van der Waals surface area contributed by atoms with Crippen molar-refractivity contribution in [3.63, 3.8) is 0 Å². The molecule has 0 radical (unpaired) electrons. The maximum absolute atomic E-state index is 12.6. The van der Waals surface area contributed by atoms with Gasteiger partial charge in [0.05, 0.1) is 6.10 Å². The van der Waals surface area contributed by atoms with Crippen LogP contribution < -0.4 is 0 Å². The van der Waals surface area contributed by atoms with E-state index in [1.54, 1.807) is 7.11 Å². The zero-order valence-electron chi connectivity index (χ0n) is 14.3. The summed E-state index contributed by atoms with van der Waals surface area (Å²) in [5, 5.41) is 0. The third kappa shape index (κ3) is 4.21. The third-order valence-corrected chi connectivity index (χ3v) is 4.51. The van der Waals surface area contributed by atoms with E-state index in [0.29, 0.717) is 5.92 Å². The molecule has 4 nitrogen and oxygen atoms in total. The first kappa shape index (κ1) is 17.7. The van der Waals surface area contributed by atoms with Crippen molar-refractivity contribution in [1.29, 1.82) is 0 Å². The Morgan fingerprint density at radius 1 is 1.17 bits per heavy atom. The molecule has 0 unspecified atom stereocenters. The SMILES string of the molecule is CO[C@H]1[C@@H](C)[C@H](OC(=O)[C@@H](OC)c2ccccc2)C=CC[C@H]1C. The summed E-state index contributed by atoms with van der Waals surface area (Å²) in [4.78, 5) is 12.6. The summed E-state index contributed by atoms with van der Waals surface area (Å²) in [6, 6.07) is 9.39. The average molecular weight is 318 g/mol. The van der Waals surface area contributed by atoms with E-state index in [-0.39, 0.29) is 24.1 Å². The molecule has 1 aliphatic carbocycles. The van der Waals surface area contributed by atoms with Gasteiger partial charge in [0.1, 0.15) is 6.10 Å². The van der Waals surface area contributed by atoms with E-state index >= 15 is 0 Å². The lowest BCUT2D eigenvalue weighted by molar-refractivity contribution is -0.163. The highest BCUT2D eigenvalue weighted by molar-refractivity contribution is 5.76. The Labute approximate surface area is 138 Å². The van der Waals surface area contributed by atoms with Crippen LogP contribution in [0.3, 0.4) is 0 Å². The van der Waals surface area contributed by atoms with Crippen LogP contribution in [0.1, 0.15) is 31.9 Å². The summed E-state index contributed by atoms with van der Waals surface area (Å²) in [7, 11) is 3.23. The molecule has 1 aliphatic rings. The number of rotatable bonds is 5. The predicted molar refractivity (Wildman–Crippen MR) is 89.0 cm³/mol. The van der Waals surface area contributed by atoms with Crippen molar-refractivity contribution in [2.45, 2.75) is 38.6 Å². The minimum absolute atomic E-state index is 0.0560. The normalized spacial score (nSPS) is 28.9. The molecule has 0 aliphatic heterocycles. The summed E-state index contributed by atoms with van der Waals surface area (Å²) in [5.41, 5.74) is 0.793. The van der Waals surface area contributed by atoms with Crippen molar-refractivity contribution in [3.05, 3.63) is 48.0 Å². The highest BCUT2D eigenvalue weighted by Crippen LogP contribution is 2.29. The van der Waals surface area contributed by atoms with Gasteiger partial charge in [-0.3, -0.25) is 0 Å². The molecule has 1 aromatic rings. The van der Waals surface area contributed by atoms with Crippen LogP contribution in [0.2, 0.25) is 0 Å². The minimum atomic E-state index is -0.710. The number of ether oxygens (including phenoxy) is 3. The molecule has 0 bridgehead atoms. The van der Waals surface area contributed by atoms with E-state index < -0.39 is 6.10 Å². The Morgan fingerprint density at radius 2 is 1.87 bits per heavy atom. The van der Waals surface area contributed by atoms with Gasteiger partial charge in [-0.05, 0) is 24.0 Å².